The van der Waals surface area contributed by atoms with E-state index in [2.05, 4.69) is 39.7 Å². The highest BCUT2D eigenvalue weighted by Gasteiger charge is 2.24. The van der Waals surface area contributed by atoms with Crippen molar-refractivity contribution in [3.8, 4) is 0 Å². The predicted octanol–water partition coefficient (Wildman–Crippen LogP) is 3.11. The van der Waals surface area contributed by atoms with Crippen LogP contribution in [0, 0.1) is 0 Å². The molecule has 0 saturated heterocycles. The van der Waals surface area contributed by atoms with E-state index in [0.29, 0.717) is 12.8 Å². The zero-order valence-corrected chi connectivity index (χ0v) is 14.9. The third kappa shape index (κ3) is 3.27. The fourth-order valence-corrected chi connectivity index (χ4v) is 3.72. The first-order chi connectivity index (χ1) is 12.7. The number of carbonyl (C=O) groups excluding carboxylic acids is 1. The van der Waals surface area contributed by atoms with Crippen molar-refractivity contribution in [2.24, 2.45) is 7.05 Å². The minimum Gasteiger partial charge on any atom is -0.338 e. The lowest BCUT2D eigenvalue weighted by Gasteiger charge is -2.27. The second-order valence-electron chi connectivity index (χ2n) is 6.81. The van der Waals surface area contributed by atoms with E-state index < -0.39 is 0 Å². The second-order valence-corrected chi connectivity index (χ2v) is 6.81. The molecule has 2 heterocycles. The van der Waals surface area contributed by atoms with E-state index in [4.69, 9.17) is 0 Å². The third-order valence-electron chi connectivity index (χ3n) is 5.10. The molecule has 0 saturated carbocycles. The highest BCUT2D eigenvalue weighted by molar-refractivity contribution is 5.90. The van der Waals surface area contributed by atoms with Crippen LogP contribution in [-0.4, -0.2) is 25.2 Å². The molecule has 1 atom stereocenters. The Balaban J connectivity index is 1.48. The molecule has 1 N–H and O–H groups in total. The van der Waals surface area contributed by atoms with Crippen molar-refractivity contribution >= 4 is 11.7 Å². The minimum atomic E-state index is -0.00274. The molecule has 1 aliphatic carbocycles. The molecule has 1 amide bonds. The highest BCUT2D eigenvalue weighted by Crippen LogP contribution is 2.34. The van der Waals surface area contributed by atoms with E-state index in [9.17, 15) is 4.79 Å². The summed E-state index contributed by atoms with van der Waals surface area (Å²) in [7, 11) is 1.94. The van der Waals surface area contributed by atoms with Crippen molar-refractivity contribution in [3.05, 3.63) is 65.9 Å². The Labute approximate surface area is 152 Å². The van der Waals surface area contributed by atoms with Gasteiger partial charge in [0.15, 0.2) is 0 Å². The highest BCUT2D eigenvalue weighted by atomic mass is 16.1. The molecule has 0 radical (unpaired) electrons. The second kappa shape index (κ2) is 7.15. The number of nitrogens with zero attached hydrogens (tertiary/aromatic N) is 4. The van der Waals surface area contributed by atoms with Gasteiger partial charge in [-0.15, -0.1) is 0 Å². The number of benzene rings is 1. The van der Waals surface area contributed by atoms with Gasteiger partial charge in [-0.3, -0.25) is 4.79 Å². The average Bonchev–Trinajstić information content (AvgIpc) is 3.28. The number of hydrogen-bond acceptors (Lipinski definition) is 3. The standard InChI is InChI=1S/C20H23N5O/c1-24-14-21-13-16(24)9-10-20(26)23-19-11-12-22-25(19)18-8-4-6-15-5-2-3-7-17(15)18/h2-3,5,7,11-14,18H,4,6,8-10H2,1H3,(H,23,26). The quantitative estimate of drug-likeness (QED) is 0.770. The van der Waals surface area contributed by atoms with Gasteiger partial charge in [0.25, 0.3) is 0 Å². The summed E-state index contributed by atoms with van der Waals surface area (Å²) in [5.41, 5.74) is 3.75. The number of amides is 1. The van der Waals surface area contributed by atoms with Gasteiger partial charge in [0, 0.05) is 31.4 Å². The van der Waals surface area contributed by atoms with Crippen LogP contribution in [0.3, 0.4) is 0 Å². The molecular formula is C20H23N5O. The van der Waals surface area contributed by atoms with Gasteiger partial charge >= 0.3 is 0 Å². The molecule has 1 unspecified atom stereocenters. The summed E-state index contributed by atoms with van der Waals surface area (Å²) in [6.07, 6.45) is 9.69. The first kappa shape index (κ1) is 16.6. The maximum absolute atomic E-state index is 12.4. The van der Waals surface area contributed by atoms with E-state index in [-0.39, 0.29) is 11.9 Å². The SMILES string of the molecule is Cn1cncc1CCC(=O)Nc1ccnn1C1CCCc2ccccc21. The Morgan fingerprint density at radius 3 is 3.04 bits per heavy atom. The summed E-state index contributed by atoms with van der Waals surface area (Å²) in [5.74, 6) is 0.763. The summed E-state index contributed by atoms with van der Waals surface area (Å²) in [4.78, 5) is 16.5. The van der Waals surface area contributed by atoms with E-state index >= 15 is 0 Å². The molecule has 3 aromatic rings. The lowest BCUT2D eigenvalue weighted by Crippen LogP contribution is -2.22. The van der Waals surface area contributed by atoms with Crippen LogP contribution in [0.4, 0.5) is 5.82 Å². The first-order valence-corrected chi connectivity index (χ1v) is 9.09. The van der Waals surface area contributed by atoms with Gasteiger partial charge in [-0.2, -0.15) is 5.10 Å². The van der Waals surface area contributed by atoms with Crippen LogP contribution in [0.2, 0.25) is 0 Å². The van der Waals surface area contributed by atoms with Crippen LogP contribution in [0.1, 0.15) is 42.1 Å². The molecule has 4 rings (SSSR count). The average molecular weight is 349 g/mol. The van der Waals surface area contributed by atoms with Crippen LogP contribution < -0.4 is 5.32 Å². The first-order valence-electron chi connectivity index (χ1n) is 9.09. The largest absolute Gasteiger partial charge is 0.338 e. The number of anilines is 1. The van der Waals surface area contributed by atoms with Crippen LogP contribution in [0.15, 0.2) is 49.1 Å². The Kier molecular flexibility index (Phi) is 4.56. The Morgan fingerprint density at radius 2 is 2.19 bits per heavy atom. The number of aromatic nitrogens is 4. The molecule has 6 nitrogen and oxygen atoms in total. The normalized spacial score (nSPS) is 16.3. The molecule has 6 heteroatoms. The molecule has 0 fully saturated rings. The summed E-state index contributed by atoms with van der Waals surface area (Å²) < 4.78 is 3.90. The third-order valence-corrected chi connectivity index (χ3v) is 5.10. The number of rotatable bonds is 5. The van der Waals surface area contributed by atoms with Crippen molar-refractivity contribution in [1.82, 2.24) is 19.3 Å². The van der Waals surface area contributed by atoms with Crippen LogP contribution in [0.25, 0.3) is 0 Å². The zero-order chi connectivity index (χ0) is 17.9. The fourth-order valence-electron chi connectivity index (χ4n) is 3.72. The van der Waals surface area contributed by atoms with Gasteiger partial charge in [0.05, 0.1) is 18.6 Å². The fraction of sp³-hybridized carbons (Fsp3) is 0.350. The zero-order valence-electron chi connectivity index (χ0n) is 14.9. The molecular weight excluding hydrogens is 326 g/mol. The molecule has 26 heavy (non-hydrogen) atoms. The van der Waals surface area contributed by atoms with Gasteiger partial charge in [-0.1, -0.05) is 24.3 Å². The van der Waals surface area contributed by atoms with Gasteiger partial charge in [0.2, 0.25) is 5.91 Å². The summed E-state index contributed by atoms with van der Waals surface area (Å²) in [5, 5.41) is 7.54. The number of fused-ring (bicyclic) bond motifs is 1. The topological polar surface area (TPSA) is 64.7 Å². The summed E-state index contributed by atoms with van der Waals surface area (Å²) >= 11 is 0. The number of nitrogens with one attached hydrogen (secondary N) is 1. The van der Waals surface area contributed by atoms with Gasteiger partial charge in [-0.25, -0.2) is 9.67 Å². The van der Waals surface area contributed by atoms with Crippen molar-refractivity contribution in [1.29, 1.82) is 0 Å². The van der Waals surface area contributed by atoms with E-state index in [1.54, 1.807) is 18.7 Å². The molecule has 2 aromatic heterocycles. The number of aryl methyl sites for hydroxylation is 3. The smallest absolute Gasteiger partial charge is 0.225 e. The van der Waals surface area contributed by atoms with Crippen LogP contribution in [-0.2, 0) is 24.7 Å². The Bertz CT molecular complexity index is 910. The summed E-state index contributed by atoms with van der Waals surface area (Å²) in [6, 6.07) is 10.6. The van der Waals surface area contributed by atoms with Crippen molar-refractivity contribution in [2.75, 3.05) is 5.32 Å². The maximum Gasteiger partial charge on any atom is 0.225 e. The summed E-state index contributed by atoms with van der Waals surface area (Å²) in [6.45, 7) is 0. The molecule has 0 aliphatic heterocycles. The van der Waals surface area contributed by atoms with Crippen LogP contribution in [0.5, 0.6) is 0 Å². The minimum absolute atomic E-state index is 0.00274. The predicted molar refractivity (Wildman–Crippen MR) is 99.9 cm³/mol. The van der Waals surface area contributed by atoms with E-state index in [1.807, 2.05) is 22.4 Å². The van der Waals surface area contributed by atoms with Gasteiger partial charge in [-0.05, 0) is 36.8 Å². The van der Waals surface area contributed by atoms with E-state index in [1.165, 1.54) is 11.1 Å². The number of imidazole rings is 1. The Hall–Kier alpha value is -2.89. The monoisotopic (exact) mass is 349 g/mol. The van der Waals surface area contributed by atoms with Crippen molar-refractivity contribution in [3.63, 3.8) is 0 Å². The molecule has 1 aromatic carbocycles. The van der Waals surface area contributed by atoms with Crippen molar-refractivity contribution < 1.29 is 4.79 Å². The maximum atomic E-state index is 12.4. The molecule has 0 spiro atoms. The Morgan fingerprint density at radius 1 is 1.31 bits per heavy atom. The lowest BCUT2D eigenvalue weighted by molar-refractivity contribution is -0.116. The molecule has 134 valence electrons. The molecule has 1 aliphatic rings. The van der Waals surface area contributed by atoms with Gasteiger partial charge in [0.1, 0.15) is 5.82 Å². The van der Waals surface area contributed by atoms with Gasteiger partial charge < -0.3 is 9.88 Å². The number of hydrogen-bond donors (Lipinski definition) is 1. The van der Waals surface area contributed by atoms with Crippen LogP contribution >= 0.6 is 0 Å². The number of carbonyl (C=O) groups is 1. The van der Waals surface area contributed by atoms with Crippen molar-refractivity contribution in [2.45, 2.75) is 38.1 Å². The molecule has 0 bridgehead atoms. The van der Waals surface area contributed by atoms with E-state index in [0.717, 1.165) is 30.8 Å². The lowest BCUT2D eigenvalue weighted by atomic mass is 9.88.